The summed E-state index contributed by atoms with van der Waals surface area (Å²) in [6, 6.07) is 6.08. The highest BCUT2D eigenvalue weighted by molar-refractivity contribution is 6.31. The SMILES string of the molecule is Cc1cc(C(=O)/C=C(\c2cc(Cl)cc([N+](=O)[O-])c2)C(F)(F)F)ccc1C(N)=O. The number of primary amides is 1. The van der Waals surface area contributed by atoms with Crippen LogP contribution in [-0.2, 0) is 0 Å². The lowest BCUT2D eigenvalue weighted by Crippen LogP contribution is -2.14. The molecule has 0 heterocycles. The molecule has 2 N–H and O–H groups in total. The van der Waals surface area contributed by atoms with Crippen LogP contribution in [0.1, 0.15) is 31.8 Å². The second-order valence-corrected chi connectivity index (χ2v) is 6.21. The van der Waals surface area contributed by atoms with Crippen molar-refractivity contribution in [1.82, 2.24) is 0 Å². The largest absolute Gasteiger partial charge is 0.417 e. The van der Waals surface area contributed by atoms with Gasteiger partial charge in [-0.05, 0) is 42.3 Å². The minimum atomic E-state index is -4.98. The maximum atomic E-state index is 13.5. The molecule has 0 radical (unpaired) electrons. The third-order valence-corrected chi connectivity index (χ3v) is 3.98. The van der Waals surface area contributed by atoms with E-state index in [-0.39, 0.29) is 16.1 Å². The fourth-order valence-electron chi connectivity index (χ4n) is 2.47. The van der Waals surface area contributed by atoms with Crippen LogP contribution in [0.3, 0.4) is 0 Å². The second kappa shape index (κ2) is 7.81. The molecule has 28 heavy (non-hydrogen) atoms. The predicted octanol–water partition coefficient (Wildman–Crippen LogP) is 4.48. The van der Waals surface area contributed by atoms with Crippen LogP contribution in [0.4, 0.5) is 18.9 Å². The summed E-state index contributed by atoms with van der Waals surface area (Å²) in [7, 11) is 0. The number of amides is 1. The van der Waals surface area contributed by atoms with Gasteiger partial charge < -0.3 is 5.73 Å². The highest BCUT2D eigenvalue weighted by Gasteiger charge is 2.36. The van der Waals surface area contributed by atoms with E-state index in [1.165, 1.54) is 25.1 Å². The van der Waals surface area contributed by atoms with Crippen molar-refractivity contribution >= 4 is 34.6 Å². The van der Waals surface area contributed by atoms with Gasteiger partial charge in [-0.3, -0.25) is 19.7 Å². The molecule has 0 aromatic heterocycles. The molecule has 0 fully saturated rings. The van der Waals surface area contributed by atoms with E-state index in [2.05, 4.69) is 0 Å². The van der Waals surface area contributed by atoms with E-state index in [0.29, 0.717) is 17.7 Å². The summed E-state index contributed by atoms with van der Waals surface area (Å²) in [5, 5.41) is 10.6. The molecular formula is C18H12ClF3N2O4. The van der Waals surface area contributed by atoms with Crippen LogP contribution in [0.15, 0.2) is 42.5 Å². The standard InChI is InChI=1S/C18H12ClF3N2O4/c1-9-4-10(2-3-14(9)17(23)26)16(25)8-15(18(20,21)22)11-5-12(19)7-13(6-11)24(27)28/h2-8H,1H3,(H2,23,26)/b15-8+. The third-order valence-electron chi connectivity index (χ3n) is 3.76. The summed E-state index contributed by atoms with van der Waals surface area (Å²) >= 11 is 5.68. The van der Waals surface area contributed by atoms with Gasteiger partial charge in [-0.15, -0.1) is 0 Å². The molecule has 0 unspecified atom stereocenters. The summed E-state index contributed by atoms with van der Waals surface area (Å²) < 4.78 is 40.5. The van der Waals surface area contributed by atoms with Crippen LogP contribution in [0.5, 0.6) is 0 Å². The topological polar surface area (TPSA) is 103 Å². The van der Waals surface area contributed by atoms with E-state index >= 15 is 0 Å². The average Bonchev–Trinajstić information content (AvgIpc) is 2.57. The fourth-order valence-corrected chi connectivity index (χ4v) is 2.70. The first-order valence-electron chi connectivity index (χ1n) is 7.59. The number of nitro groups is 1. The maximum Gasteiger partial charge on any atom is 0.417 e. The van der Waals surface area contributed by atoms with Crippen molar-refractivity contribution in [1.29, 1.82) is 0 Å². The Bertz CT molecular complexity index is 1020. The third kappa shape index (κ3) is 4.74. The van der Waals surface area contributed by atoms with Crippen LogP contribution in [0.2, 0.25) is 5.02 Å². The zero-order valence-electron chi connectivity index (χ0n) is 14.2. The average molecular weight is 413 g/mol. The molecule has 2 aromatic rings. The Morgan fingerprint density at radius 2 is 1.79 bits per heavy atom. The number of nitro benzene ring substituents is 1. The number of alkyl halides is 3. The number of nitrogens with two attached hydrogens (primary N) is 1. The van der Waals surface area contributed by atoms with E-state index in [0.717, 1.165) is 12.1 Å². The molecule has 146 valence electrons. The first-order valence-corrected chi connectivity index (χ1v) is 7.97. The van der Waals surface area contributed by atoms with Crippen molar-refractivity contribution in [2.75, 3.05) is 0 Å². The highest BCUT2D eigenvalue weighted by atomic mass is 35.5. The van der Waals surface area contributed by atoms with Gasteiger partial charge in [0.05, 0.1) is 10.5 Å². The number of non-ortho nitro benzene ring substituents is 1. The molecule has 0 bridgehead atoms. The maximum absolute atomic E-state index is 13.5. The molecule has 2 aromatic carbocycles. The van der Waals surface area contributed by atoms with Gasteiger partial charge in [0, 0.05) is 28.3 Å². The molecule has 0 atom stereocenters. The van der Waals surface area contributed by atoms with Crippen LogP contribution in [0.25, 0.3) is 5.57 Å². The van der Waals surface area contributed by atoms with Gasteiger partial charge in [-0.25, -0.2) is 0 Å². The summed E-state index contributed by atoms with van der Waals surface area (Å²) in [5.74, 6) is -1.75. The lowest BCUT2D eigenvalue weighted by molar-refractivity contribution is -0.384. The Balaban J connectivity index is 2.57. The molecule has 6 nitrogen and oxygen atoms in total. The van der Waals surface area contributed by atoms with Crippen molar-refractivity contribution in [3.05, 3.63) is 79.9 Å². The van der Waals surface area contributed by atoms with Gasteiger partial charge in [-0.1, -0.05) is 17.7 Å². The van der Waals surface area contributed by atoms with E-state index in [9.17, 15) is 32.9 Å². The number of hydrogen-bond donors (Lipinski definition) is 1. The Hall–Kier alpha value is -3.20. The van der Waals surface area contributed by atoms with Crippen molar-refractivity contribution in [3.8, 4) is 0 Å². The minimum absolute atomic E-state index is 0.110. The molecule has 2 rings (SSSR count). The first kappa shape index (κ1) is 21.1. The molecule has 0 aliphatic rings. The zero-order chi connectivity index (χ0) is 21.2. The summed E-state index contributed by atoms with van der Waals surface area (Å²) in [6.07, 6.45) is -4.65. The lowest BCUT2D eigenvalue weighted by atomic mass is 9.98. The number of rotatable bonds is 5. The quantitative estimate of drug-likeness (QED) is 0.338. The predicted molar refractivity (Wildman–Crippen MR) is 96.2 cm³/mol. The molecule has 0 saturated carbocycles. The van der Waals surface area contributed by atoms with E-state index in [4.69, 9.17) is 17.3 Å². The van der Waals surface area contributed by atoms with Gasteiger partial charge in [0.25, 0.3) is 5.69 Å². The molecule has 0 saturated heterocycles. The number of allylic oxidation sites excluding steroid dienone is 2. The molecular weight excluding hydrogens is 401 g/mol. The smallest absolute Gasteiger partial charge is 0.366 e. The molecule has 10 heteroatoms. The fraction of sp³-hybridized carbons (Fsp3) is 0.111. The first-order chi connectivity index (χ1) is 12.9. The summed E-state index contributed by atoms with van der Waals surface area (Å²) in [5.41, 5.74) is 2.83. The zero-order valence-corrected chi connectivity index (χ0v) is 15.0. The number of carbonyl (C=O) groups excluding carboxylic acids is 2. The van der Waals surface area contributed by atoms with Gasteiger partial charge in [0.2, 0.25) is 5.91 Å². The minimum Gasteiger partial charge on any atom is -0.366 e. The number of aryl methyl sites for hydroxylation is 1. The number of nitrogens with zero attached hydrogens (tertiary/aromatic N) is 1. The second-order valence-electron chi connectivity index (χ2n) is 5.77. The Morgan fingerprint density at radius 1 is 1.14 bits per heavy atom. The normalized spacial score (nSPS) is 12.0. The van der Waals surface area contributed by atoms with Crippen molar-refractivity contribution in [3.63, 3.8) is 0 Å². The molecule has 1 amide bonds. The van der Waals surface area contributed by atoms with Crippen molar-refractivity contribution < 1.29 is 27.7 Å². The molecule has 0 aliphatic carbocycles. The Kier molecular flexibility index (Phi) is 5.89. The van der Waals surface area contributed by atoms with Crippen molar-refractivity contribution in [2.24, 2.45) is 5.73 Å². The van der Waals surface area contributed by atoms with Gasteiger partial charge in [-0.2, -0.15) is 13.2 Å². The number of ketones is 1. The summed E-state index contributed by atoms with van der Waals surface area (Å²) in [4.78, 5) is 33.6. The number of benzene rings is 2. The van der Waals surface area contributed by atoms with E-state index in [1.807, 2.05) is 0 Å². The number of hydrogen-bond acceptors (Lipinski definition) is 4. The van der Waals surface area contributed by atoms with Crippen LogP contribution >= 0.6 is 11.6 Å². The summed E-state index contributed by atoms with van der Waals surface area (Å²) in [6.45, 7) is 1.48. The monoisotopic (exact) mass is 412 g/mol. The Morgan fingerprint density at radius 3 is 2.29 bits per heavy atom. The highest BCUT2D eigenvalue weighted by Crippen LogP contribution is 2.37. The van der Waals surface area contributed by atoms with Gasteiger partial charge in [0.1, 0.15) is 0 Å². The van der Waals surface area contributed by atoms with E-state index < -0.39 is 39.6 Å². The van der Waals surface area contributed by atoms with Crippen molar-refractivity contribution in [2.45, 2.75) is 13.1 Å². The van der Waals surface area contributed by atoms with Crippen LogP contribution < -0.4 is 5.73 Å². The number of halogens is 4. The van der Waals surface area contributed by atoms with Gasteiger partial charge >= 0.3 is 6.18 Å². The molecule has 0 spiro atoms. The van der Waals surface area contributed by atoms with E-state index in [1.54, 1.807) is 0 Å². The number of carbonyl (C=O) groups is 2. The van der Waals surface area contributed by atoms with Crippen LogP contribution in [-0.4, -0.2) is 22.8 Å². The Labute approximate surface area is 161 Å². The molecule has 0 aliphatic heterocycles. The van der Waals surface area contributed by atoms with Gasteiger partial charge in [0.15, 0.2) is 5.78 Å². The lowest BCUT2D eigenvalue weighted by Gasteiger charge is -2.12. The van der Waals surface area contributed by atoms with Crippen LogP contribution in [0, 0.1) is 17.0 Å².